The van der Waals surface area contributed by atoms with Gasteiger partial charge in [-0.1, -0.05) is 187 Å². The molecule has 1 aromatic carbocycles. The van der Waals surface area contributed by atoms with Crippen molar-refractivity contribution < 1.29 is 27.0 Å². The number of rotatable bonds is 38. The molecule has 0 saturated carbocycles. The molecule has 0 fully saturated rings. The largest absolute Gasteiger partial charge is 0.379 e. The topological polar surface area (TPSA) is 105 Å². The molecule has 1 unspecified atom stereocenters. The molecule has 1 rings (SSSR count). The molecule has 1 aromatic rings. The number of nitro groups is 1. The molecule has 0 saturated heterocycles. The number of non-ortho nitro benzene ring substituents is 1. The van der Waals surface area contributed by atoms with Crippen molar-refractivity contribution in [2.45, 2.75) is 205 Å². The van der Waals surface area contributed by atoms with Crippen LogP contribution in [0.15, 0.2) is 29.2 Å². The first-order chi connectivity index (χ1) is 24.4. The van der Waals surface area contributed by atoms with Crippen molar-refractivity contribution in [3.8, 4) is 0 Å². The van der Waals surface area contributed by atoms with Gasteiger partial charge in [0.2, 0.25) is 0 Å². The first-order valence-corrected chi connectivity index (χ1v) is 22.1. The van der Waals surface area contributed by atoms with Crippen LogP contribution in [0.25, 0.3) is 0 Å². The highest BCUT2D eigenvalue weighted by molar-refractivity contribution is 7.86. The maximum absolute atomic E-state index is 12.8. The SMILES string of the molecule is CCCCCCCCCCCCCCCCOCC(COS(=O)(=O)c1cccc([N+](=O)[O-])c1)OCCCCCCCCCCCCCCCC. The average molecular weight is 726 g/mol. The first kappa shape index (κ1) is 46.5. The summed E-state index contributed by atoms with van der Waals surface area (Å²) in [7, 11) is -4.17. The lowest BCUT2D eigenvalue weighted by Crippen LogP contribution is -2.28. The maximum atomic E-state index is 12.8. The Bertz CT molecular complexity index is 1020. The number of nitro benzene ring substituents is 1. The zero-order valence-electron chi connectivity index (χ0n) is 32.2. The number of nitrogens with zero attached hydrogens (tertiary/aromatic N) is 1. The van der Waals surface area contributed by atoms with Gasteiger partial charge in [-0.2, -0.15) is 8.42 Å². The van der Waals surface area contributed by atoms with Gasteiger partial charge >= 0.3 is 0 Å². The van der Waals surface area contributed by atoms with Crippen molar-refractivity contribution in [2.24, 2.45) is 0 Å². The van der Waals surface area contributed by atoms with Crippen LogP contribution in [0, 0.1) is 10.1 Å². The Morgan fingerprint density at radius 1 is 0.580 bits per heavy atom. The van der Waals surface area contributed by atoms with Crippen molar-refractivity contribution in [1.82, 2.24) is 0 Å². The van der Waals surface area contributed by atoms with Gasteiger partial charge in [0, 0.05) is 25.3 Å². The third-order valence-electron chi connectivity index (χ3n) is 9.52. The van der Waals surface area contributed by atoms with E-state index >= 15 is 0 Å². The van der Waals surface area contributed by atoms with Gasteiger partial charge < -0.3 is 9.47 Å². The monoisotopic (exact) mass is 726 g/mol. The summed E-state index contributed by atoms with van der Waals surface area (Å²) in [5.74, 6) is 0. The van der Waals surface area contributed by atoms with Crippen LogP contribution >= 0.6 is 0 Å². The third-order valence-corrected chi connectivity index (χ3v) is 10.8. The highest BCUT2D eigenvalue weighted by atomic mass is 32.2. The van der Waals surface area contributed by atoms with E-state index < -0.39 is 21.1 Å². The second-order valence-corrected chi connectivity index (χ2v) is 15.9. The van der Waals surface area contributed by atoms with E-state index in [1.54, 1.807) is 0 Å². The van der Waals surface area contributed by atoms with Crippen LogP contribution in [0.2, 0.25) is 0 Å². The van der Waals surface area contributed by atoms with Crippen LogP contribution in [-0.4, -0.2) is 45.9 Å². The molecule has 0 aromatic heterocycles. The molecule has 9 heteroatoms. The predicted molar refractivity (Wildman–Crippen MR) is 207 cm³/mol. The minimum absolute atomic E-state index is 0.192. The van der Waals surface area contributed by atoms with Gasteiger partial charge in [-0.15, -0.1) is 0 Å². The van der Waals surface area contributed by atoms with Crippen LogP contribution in [0.5, 0.6) is 0 Å². The van der Waals surface area contributed by atoms with E-state index in [4.69, 9.17) is 13.7 Å². The molecule has 0 aliphatic heterocycles. The lowest BCUT2D eigenvalue weighted by Gasteiger charge is -2.18. The fourth-order valence-corrected chi connectivity index (χ4v) is 7.27. The highest BCUT2D eigenvalue weighted by Crippen LogP contribution is 2.20. The van der Waals surface area contributed by atoms with Crippen molar-refractivity contribution in [2.75, 3.05) is 26.4 Å². The number of ether oxygens (including phenoxy) is 2. The Morgan fingerprint density at radius 3 is 1.40 bits per heavy atom. The van der Waals surface area contributed by atoms with E-state index in [-0.39, 0.29) is 23.8 Å². The van der Waals surface area contributed by atoms with Gasteiger partial charge in [-0.05, 0) is 18.9 Å². The second kappa shape index (κ2) is 33.3. The molecule has 1 atom stereocenters. The molecule has 50 heavy (non-hydrogen) atoms. The van der Waals surface area contributed by atoms with E-state index in [1.165, 1.54) is 172 Å². The maximum Gasteiger partial charge on any atom is 0.297 e. The second-order valence-electron chi connectivity index (χ2n) is 14.3. The van der Waals surface area contributed by atoms with E-state index in [1.807, 2.05) is 0 Å². The summed E-state index contributed by atoms with van der Waals surface area (Å²) in [5.41, 5.74) is -0.295. The summed E-state index contributed by atoms with van der Waals surface area (Å²) in [6, 6.07) is 4.93. The molecule has 8 nitrogen and oxygen atoms in total. The summed E-state index contributed by atoms with van der Waals surface area (Å²) in [6.07, 6.45) is 35.6. The van der Waals surface area contributed by atoms with Crippen molar-refractivity contribution >= 4 is 15.8 Å². The molecular weight excluding hydrogens is 651 g/mol. The smallest absolute Gasteiger partial charge is 0.297 e. The lowest BCUT2D eigenvalue weighted by molar-refractivity contribution is -0.385. The van der Waals surface area contributed by atoms with Crippen LogP contribution < -0.4 is 0 Å². The van der Waals surface area contributed by atoms with Crippen LogP contribution in [-0.2, 0) is 23.8 Å². The molecule has 0 N–H and O–H groups in total. The molecule has 292 valence electrons. The predicted octanol–water partition coefficient (Wildman–Crippen LogP) is 12.7. The summed E-state index contributed by atoms with van der Waals surface area (Å²) in [4.78, 5) is 10.3. The standard InChI is InChI=1S/C41H75NO7S/c1-3-5-7-9-11-13-15-17-19-21-23-25-27-29-34-47-37-40(38-49-50(45,46)41-33-31-32-39(36-41)42(43)44)48-35-30-28-26-24-22-20-18-16-14-12-10-8-6-4-2/h31-33,36,40H,3-30,34-35,37-38H2,1-2H3. The van der Waals surface area contributed by atoms with Crippen LogP contribution in [0.4, 0.5) is 5.69 Å². The van der Waals surface area contributed by atoms with Crippen LogP contribution in [0.1, 0.15) is 194 Å². The van der Waals surface area contributed by atoms with Crippen molar-refractivity contribution in [3.63, 3.8) is 0 Å². The number of hydrogen-bond acceptors (Lipinski definition) is 7. The Labute approximate surface area is 307 Å². The minimum atomic E-state index is -4.17. The van der Waals surface area contributed by atoms with E-state index in [0.29, 0.717) is 13.2 Å². The quantitative estimate of drug-likeness (QED) is 0.0289. The minimum Gasteiger partial charge on any atom is -0.379 e. The van der Waals surface area contributed by atoms with Gasteiger partial charge in [0.05, 0.1) is 18.1 Å². The van der Waals surface area contributed by atoms with Crippen molar-refractivity contribution in [3.05, 3.63) is 34.4 Å². The fraction of sp³-hybridized carbons (Fsp3) is 0.854. The van der Waals surface area contributed by atoms with E-state index in [9.17, 15) is 18.5 Å². The number of hydrogen-bond donors (Lipinski definition) is 0. The average Bonchev–Trinajstić information content (AvgIpc) is 3.11. The molecule has 0 heterocycles. The third kappa shape index (κ3) is 27.1. The molecule has 0 spiro atoms. The van der Waals surface area contributed by atoms with E-state index in [2.05, 4.69) is 13.8 Å². The summed E-state index contributed by atoms with van der Waals surface area (Å²) in [5, 5.41) is 11.1. The van der Waals surface area contributed by atoms with Gasteiger partial charge in [-0.3, -0.25) is 14.3 Å². The van der Waals surface area contributed by atoms with Crippen molar-refractivity contribution in [1.29, 1.82) is 0 Å². The van der Waals surface area contributed by atoms with E-state index in [0.717, 1.165) is 31.7 Å². The molecule has 0 bridgehead atoms. The van der Waals surface area contributed by atoms with Crippen LogP contribution in [0.3, 0.4) is 0 Å². The fourth-order valence-electron chi connectivity index (χ4n) is 6.29. The number of unbranched alkanes of at least 4 members (excludes halogenated alkanes) is 26. The molecular formula is C41H75NO7S. The first-order valence-electron chi connectivity index (χ1n) is 20.7. The van der Waals surface area contributed by atoms with Gasteiger partial charge in [0.25, 0.3) is 15.8 Å². The Hall–Kier alpha value is -1.55. The summed E-state index contributed by atoms with van der Waals surface area (Å²) < 4.78 is 42.9. The van der Waals surface area contributed by atoms with Gasteiger partial charge in [-0.25, -0.2) is 0 Å². The Kier molecular flexibility index (Phi) is 30.9. The molecule has 0 amide bonds. The Balaban J connectivity index is 2.28. The summed E-state index contributed by atoms with van der Waals surface area (Å²) >= 11 is 0. The number of benzene rings is 1. The zero-order valence-corrected chi connectivity index (χ0v) is 33.0. The zero-order chi connectivity index (χ0) is 36.4. The van der Waals surface area contributed by atoms with Gasteiger partial charge in [0.1, 0.15) is 11.0 Å². The Morgan fingerprint density at radius 2 is 0.980 bits per heavy atom. The van der Waals surface area contributed by atoms with Gasteiger partial charge in [0.15, 0.2) is 0 Å². The normalized spacial score (nSPS) is 12.4. The molecule has 0 aliphatic rings. The lowest BCUT2D eigenvalue weighted by atomic mass is 10.0. The summed E-state index contributed by atoms with van der Waals surface area (Å²) in [6.45, 7) is 5.71. The molecule has 0 aliphatic carbocycles. The highest BCUT2D eigenvalue weighted by Gasteiger charge is 2.21. The molecule has 0 radical (unpaired) electrons.